The highest BCUT2D eigenvalue weighted by Gasteiger charge is 2.37. The SMILES string of the molecule is C=CCc1cc(/C=C2\C(=O)NC(=O)N(c3ccc(Br)cc3)C2=O)cc(OCC)c1OS(=O)(=O)c1ccc(C)cc1. The Labute approximate surface area is 240 Å². The van der Waals surface area contributed by atoms with Crippen molar-refractivity contribution in [3.05, 3.63) is 100 Å². The lowest BCUT2D eigenvalue weighted by atomic mass is 10.0. The Kier molecular flexibility index (Phi) is 8.55. The largest absolute Gasteiger partial charge is 0.490 e. The molecule has 1 saturated heterocycles. The van der Waals surface area contributed by atoms with E-state index in [0.29, 0.717) is 11.1 Å². The van der Waals surface area contributed by atoms with E-state index >= 15 is 0 Å². The molecular weight excluding hydrogens is 600 g/mol. The monoisotopic (exact) mass is 624 g/mol. The topological polar surface area (TPSA) is 119 Å². The van der Waals surface area contributed by atoms with Gasteiger partial charge in [0, 0.05) is 10.0 Å². The molecule has 40 heavy (non-hydrogen) atoms. The molecule has 1 fully saturated rings. The van der Waals surface area contributed by atoms with Crippen molar-refractivity contribution in [3.63, 3.8) is 0 Å². The molecule has 1 N–H and O–H groups in total. The van der Waals surface area contributed by atoms with Gasteiger partial charge in [-0.1, -0.05) is 39.7 Å². The second kappa shape index (κ2) is 11.9. The molecule has 4 rings (SSSR count). The van der Waals surface area contributed by atoms with Crippen molar-refractivity contribution in [1.82, 2.24) is 5.32 Å². The summed E-state index contributed by atoms with van der Waals surface area (Å²) in [7, 11) is -4.21. The van der Waals surface area contributed by atoms with E-state index in [4.69, 9.17) is 8.92 Å². The van der Waals surface area contributed by atoms with Crippen LogP contribution in [0.1, 0.15) is 23.6 Å². The van der Waals surface area contributed by atoms with E-state index < -0.39 is 28.0 Å². The first-order valence-electron chi connectivity index (χ1n) is 12.1. The lowest BCUT2D eigenvalue weighted by molar-refractivity contribution is -0.122. The van der Waals surface area contributed by atoms with Gasteiger partial charge in [-0.3, -0.25) is 14.9 Å². The standard InChI is InChI=1S/C29H25BrN2O7S/c1-4-6-20-15-19(16-24-27(33)31-29(35)32(28(24)34)22-11-9-21(30)10-12-22)17-25(38-5-2)26(20)39-40(36,37)23-13-7-18(3)8-14-23/h4,7-17H,1,5-6H2,2-3H3,(H,31,33,35)/b24-16+. The minimum atomic E-state index is -4.21. The Hall–Kier alpha value is -4.22. The summed E-state index contributed by atoms with van der Waals surface area (Å²) in [5, 5.41) is 2.18. The van der Waals surface area contributed by atoms with E-state index in [0.717, 1.165) is 14.9 Å². The first-order chi connectivity index (χ1) is 19.0. The summed E-state index contributed by atoms with van der Waals surface area (Å²) in [5.41, 5.74) is 1.62. The maximum atomic E-state index is 13.3. The van der Waals surface area contributed by atoms with Gasteiger partial charge in [0.15, 0.2) is 11.5 Å². The number of hydrogen-bond donors (Lipinski definition) is 1. The highest BCUT2D eigenvalue weighted by atomic mass is 79.9. The summed E-state index contributed by atoms with van der Waals surface area (Å²) in [4.78, 5) is 39.4. The fourth-order valence-corrected chi connectivity index (χ4v) is 5.18. The van der Waals surface area contributed by atoms with Crippen molar-refractivity contribution in [1.29, 1.82) is 0 Å². The van der Waals surface area contributed by atoms with Gasteiger partial charge in [0.2, 0.25) is 0 Å². The minimum absolute atomic E-state index is 0.0292. The van der Waals surface area contributed by atoms with Gasteiger partial charge in [-0.15, -0.1) is 6.58 Å². The van der Waals surface area contributed by atoms with Gasteiger partial charge in [0.05, 0.1) is 12.3 Å². The van der Waals surface area contributed by atoms with Crippen LogP contribution in [0.25, 0.3) is 6.08 Å². The third kappa shape index (κ3) is 6.16. The fourth-order valence-electron chi connectivity index (χ4n) is 3.94. The van der Waals surface area contributed by atoms with E-state index in [1.165, 1.54) is 24.3 Å². The van der Waals surface area contributed by atoms with Crippen LogP contribution in [0.3, 0.4) is 0 Å². The van der Waals surface area contributed by atoms with E-state index in [1.54, 1.807) is 55.5 Å². The molecule has 11 heteroatoms. The molecule has 0 spiro atoms. The molecule has 1 aliphatic heterocycles. The van der Waals surface area contributed by atoms with Crippen molar-refractivity contribution in [2.45, 2.75) is 25.2 Å². The molecule has 0 aliphatic carbocycles. The highest BCUT2D eigenvalue weighted by Crippen LogP contribution is 2.37. The van der Waals surface area contributed by atoms with Gasteiger partial charge in [0.1, 0.15) is 10.5 Å². The van der Waals surface area contributed by atoms with Crippen LogP contribution in [-0.2, 0) is 26.1 Å². The first-order valence-corrected chi connectivity index (χ1v) is 14.3. The minimum Gasteiger partial charge on any atom is -0.490 e. The number of allylic oxidation sites excluding steroid dienone is 1. The van der Waals surface area contributed by atoms with E-state index in [1.807, 2.05) is 6.92 Å². The maximum Gasteiger partial charge on any atom is 0.339 e. The highest BCUT2D eigenvalue weighted by molar-refractivity contribution is 9.10. The number of benzene rings is 3. The number of ether oxygens (including phenoxy) is 1. The quantitative estimate of drug-likeness (QED) is 0.148. The molecule has 3 aromatic carbocycles. The zero-order valence-electron chi connectivity index (χ0n) is 21.6. The van der Waals surface area contributed by atoms with Crippen molar-refractivity contribution < 1.29 is 31.7 Å². The third-order valence-corrected chi connectivity index (χ3v) is 7.58. The molecule has 3 aromatic rings. The van der Waals surface area contributed by atoms with E-state index in [2.05, 4.69) is 27.8 Å². The van der Waals surface area contributed by atoms with Gasteiger partial charge >= 0.3 is 16.1 Å². The number of nitrogens with one attached hydrogen (secondary N) is 1. The number of urea groups is 1. The van der Waals surface area contributed by atoms with Gasteiger partial charge in [-0.05, 0) is 80.4 Å². The molecular formula is C29H25BrN2O7S. The number of barbiturate groups is 1. The number of nitrogens with zero attached hydrogens (tertiary/aromatic N) is 1. The summed E-state index contributed by atoms with van der Waals surface area (Å²) in [6.45, 7) is 7.48. The van der Waals surface area contributed by atoms with Crippen molar-refractivity contribution in [2.75, 3.05) is 11.5 Å². The number of carbonyl (C=O) groups is 3. The van der Waals surface area contributed by atoms with Crippen LogP contribution >= 0.6 is 15.9 Å². The molecule has 0 unspecified atom stereocenters. The summed E-state index contributed by atoms with van der Waals surface area (Å²) in [6, 6.07) is 14.8. The third-order valence-electron chi connectivity index (χ3n) is 5.82. The Bertz CT molecular complexity index is 1630. The second-order valence-corrected chi connectivity index (χ2v) is 11.2. The molecule has 206 valence electrons. The molecule has 0 atom stereocenters. The fraction of sp³-hybridized carbons (Fsp3) is 0.138. The number of amides is 4. The van der Waals surface area contributed by atoms with Crippen LogP contribution in [0.15, 0.2) is 88.3 Å². The van der Waals surface area contributed by atoms with Gasteiger partial charge in [0.25, 0.3) is 11.8 Å². The van der Waals surface area contributed by atoms with Crippen LogP contribution in [-0.4, -0.2) is 32.9 Å². The number of imide groups is 2. The Morgan fingerprint density at radius 2 is 1.70 bits per heavy atom. The number of hydrogen-bond acceptors (Lipinski definition) is 7. The second-order valence-electron chi connectivity index (χ2n) is 8.72. The summed E-state index contributed by atoms with van der Waals surface area (Å²) in [6.07, 6.45) is 3.06. The summed E-state index contributed by atoms with van der Waals surface area (Å²) < 4.78 is 38.2. The van der Waals surface area contributed by atoms with Crippen LogP contribution in [0.5, 0.6) is 11.5 Å². The number of halogens is 1. The van der Waals surface area contributed by atoms with Crippen molar-refractivity contribution in [3.8, 4) is 11.5 Å². The molecule has 0 radical (unpaired) electrons. The lowest BCUT2D eigenvalue weighted by Crippen LogP contribution is -2.54. The predicted octanol–water partition coefficient (Wildman–Crippen LogP) is 5.32. The molecule has 1 aliphatic rings. The van der Waals surface area contributed by atoms with Gasteiger partial charge < -0.3 is 8.92 Å². The van der Waals surface area contributed by atoms with Gasteiger partial charge in [-0.25, -0.2) is 9.69 Å². The zero-order valence-corrected chi connectivity index (χ0v) is 24.0. The van der Waals surface area contributed by atoms with E-state index in [-0.39, 0.29) is 40.7 Å². The maximum absolute atomic E-state index is 13.3. The molecule has 0 saturated carbocycles. The average molecular weight is 625 g/mol. The normalized spacial score (nSPS) is 14.7. The first kappa shape index (κ1) is 28.8. The molecule has 9 nitrogen and oxygen atoms in total. The number of anilines is 1. The summed E-state index contributed by atoms with van der Waals surface area (Å²) >= 11 is 3.31. The van der Waals surface area contributed by atoms with E-state index in [9.17, 15) is 22.8 Å². The Morgan fingerprint density at radius 1 is 1.02 bits per heavy atom. The number of carbonyl (C=O) groups excluding carboxylic acids is 3. The molecule has 4 amide bonds. The van der Waals surface area contributed by atoms with Crippen molar-refractivity contribution >= 4 is 55.7 Å². The Morgan fingerprint density at radius 3 is 2.33 bits per heavy atom. The average Bonchev–Trinajstić information content (AvgIpc) is 2.90. The smallest absolute Gasteiger partial charge is 0.339 e. The molecule has 0 aromatic heterocycles. The van der Waals surface area contributed by atoms with Crippen LogP contribution in [0.2, 0.25) is 0 Å². The molecule has 1 heterocycles. The summed E-state index contributed by atoms with van der Waals surface area (Å²) in [5.74, 6) is -1.63. The van der Waals surface area contributed by atoms with Crippen LogP contribution in [0.4, 0.5) is 10.5 Å². The zero-order chi connectivity index (χ0) is 29.0. The molecule has 0 bridgehead atoms. The number of aryl methyl sites for hydroxylation is 1. The number of rotatable bonds is 9. The predicted molar refractivity (Wildman–Crippen MR) is 154 cm³/mol. The lowest BCUT2D eigenvalue weighted by Gasteiger charge is -2.26. The van der Waals surface area contributed by atoms with Gasteiger partial charge in [-0.2, -0.15) is 8.42 Å². The van der Waals surface area contributed by atoms with Crippen LogP contribution < -0.4 is 19.1 Å². The van der Waals surface area contributed by atoms with Crippen LogP contribution in [0, 0.1) is 6.92 Å². The Balaban J connectivity index is 1.78. The van der Waals surface area contributed by atoms with Crippen molar-refractivity contribution in [2.24, 2.45) is 0 Å².